The van der Waals surface area contributed by atoms with Gasteiger partial charge in [-0.15, -0.1) is 0 Å². The lowest BCUT2D eigenvalue weighted by Crippen LogP contribution is -3.15. The molecule has 0 aliphatic carbocycles. The number of carbonyl (C=O) groups is 1. The zero-order valence-electron chi connectivity index (χ0n) is 16.3. The number of nitriles is 1. The van der Waals surface area contributed by atoms with Gasteiger partial charge in [-0.05, 0) is 24.6 Å². The van der Waals surface area contributed by atoms with Crippen LogP contribution in [0.5, 0.6) is 0 Å². The average Bonchev–Trinajstić information content (AvgIpc) is 2.74. The third-order valence-corrected chi connectivity index (χ3v) is 7.10. The van der Waals surface area contributed by atoms with Crippen LogP contribution in [0.4, 0.5) is 0 Å². The first-order chi connectivity index (χ1) is 13.9. The molecule has 0 bridgehead atoms. The molecular formula is C21H25N4O3S+. The first kappa shape index (κ1) is 21.0. The van der Waals surface area contributed by atoms with Crippen molar-refractivity contribution >= 4 is 15.9 Å². The molecule has 1 fully saturated rings. The molecule has 1 aliphatic rings. The predicted octanol–water partition coefficient (Wildman–Crippen LogP) is 0.325. The molecule has 0 aromatic heterocycles. The van der Waals surface area contributed by atoms with Gasteiger partial charge in [0.05, 0.1) is 42.7 Å². The summed E-state index contributed by atoms with van der Waals surface area (Å²) in [5.74, 6) is -0.0533. The van der Waals surface area contributed by atoms with Crippen molar-refractivity contribution in [2.45, 2.75) is 17.9 Å². The zero-order chi connectivity index (χ0) is 20.9. The minimum absolute atomic E-state index is 0.0420. The Labute approximate surface area is 171 Å². The number of hydrogen-bond donors (Lipinski definition) is 2. The Hall–Kier alpha value is -2.73. The van der Waals surface area contributed by atoms with Crippen molar-refractivity contribution in [3.63, 3.8) is 0 Å². The first-order valence-electron chi connectivity index (χ1n) is 9.59. The molecule has 2 N–H and O–H groups in total. The molecule has 0 unspecified atom stereocenters. The number of amides is 1. The van der Waals surface area contributed by atoms with Crippen molar-refractivity contribution in [1.82, 2.24) is 9.62 Å². The van der Waals surface area contributed by atoms with Crippen molar-refractivity contribution in [3.05, 3.63) is 65.7 Å². The monoisotopic (exact) mass is 413 g/mol. The number of rotatable bonds is 6. The Balaban J connectivity index is 1.55. The third-order valence-electron chi connectivity index (χ3n) is 5.14. The predicted molar refractivity (Wildman–Crippen MR) is 108 cm³/mol. The standard InChI is InChI=1S/C21H24N4O3S/c1-17(18-7-3-2-4-8-18)23-21(26)16-24-11-13-25(14-12-24)29(27,28)20-10-6-5-9-19(20)15-22/h2-10,17H,11-14,16H2,1H3,(H,23,26)/p+1/t17-/m0/s1. The fraction of sp³-hybridized carbons (Fsp3) is 0.333. The number of carbonyl (C=O) groups excluding carboxylic acids is 1. The Bertz CT molecular complexity index is 994. The van der Waals surface area contributed by atoms with Crippen LogP contribution in [0.3, 0.4) is 0 Å². The summed E-state index contributed by atoms with van der Waals surface area (Å²) in [5.41, 5.74) is 1.19. The van der Waals surface area contributed by atoms with Crippen LogP contribution < -0.4 is 10.2 Å². The quantitative estimate of drug-likeness (QED) is 0.713. The summed E-state index contributed by atoms with van der Waals surface area (Å²) >= 11 is 0. The molecule has 1 atom stereocenters. The van der Waals surface area contributed by atoms with Gasteiger partial charge in [-0.25, -0.2) is 8.42 Å². The van der Waals surface area contributed by atoms with E-state index >= 15 is 0 Å². The van der Waals surface area contributed by atoms with Crippen LogP contribution in [0.2, 0.25) is 0 Å². The van der Waals surface area contributed by atoms with Crippen LogP contribution in [-0.4, -0.2) is 51.4 Å². The van der Waals surface area contributed by atoms with E-state index in [1.807, 2.05) is 43.3 Å². The molecule has 7 nitrogen and oxygen atoms in total. The lowest BCUT2D eigenvalue weighted by atomic mass is 10.1. The molecule has 1 saturated heterocycles. The molecule has 1 amide bonds. The lowest BCUT2D eigenvalue weighted by Gasteiger charge is -2.31. The maximum absolute atomic E-state index is 12.9. The SMILES string of the molecule is C[C@H](NC(=O)C[NH+]1CCN(S(=O)(=O)c2ccccc2C#N)CC1)c1ccccc1. The summed E-state index contributed by atoms with van der Waals surface area (Å²) in [7, 11) is -3.71. The van der Waals surface area contributed by atoms with Crippen molar-refractivity contribution < 1.29 is 18.1 Å². The number of benzene rings is 2. The minimum Gasteiger partial charge on any atom is -0.345 e. The molecular weight excluding hydrogens is 388 g/mol. The molecule has 0 saturated carbocycles. The van der Waals surface area contributed by atoms with Crippen LogP contribution in [0.1, 0.15) is 24.1 Å². The van der Waals surface area contributed by atoms with Crippen LogP contribution in [0.15, 0.2) is 59.5 Å². The molecule has 1 heterocycles. The third kappa shape index (κ3) is 5.01. The van der Waals surface area contributed by atoms with Gasteiger partial charge in [-0.2, -0.15) is 9.57 Å². The molecule has 2 aromatic rings. The Morgan fingerprint density at radius 2 is 1.76 bits per heavy atom. The van der Waals surface area contributed by atoms with Crippen LogP contribution in [0, 0.1) is 11.3 Å². The maximum atomic E-state index is 12.9. The van der Waals surface area contributed by atoms with Gasteiger partial charge in [-0.1, -0.05) is 42.5 Å². The van der Waals surface area contributed by atoms with E-state index in [1.54, 1.807) is 12.1 Å². The van der Waals surface area contributed by atoms with Gasteiger partial charge in [0.25, 0.3) is 5.91 Å². The van der Waals surface area contributed by atoms with E-state index in [2.05, 4.69) is 5.32 Å². The van der Waals surface area contributed by atoms with Crippen LogP contribution in [-0.2, 0) is 14.8 Å². The molecule has 3 rings (SSSR count). The van der Waals surface area contributed by atoms with Gasteiger partial charge in [0.15, 0.2) is 6.54 Å². The second-order valence-corrected chi connectivity index (χ2v) is 9.05. The van der Waals surface area contributed by atoms with E-state index in [-0.39, 0.29) is 22.4 Å². The highest BCUT2D eigenvalue weighted by Crippen LogP contribution is 2.19. The Morgan fingerprint density at radius 3 is 2.41 bits per heavy atom. The van der Waals surface area contributed by atoms with Gasteiger partial charge in [-0.3, -0.25) is 4.79 Å². The van der Waals surface area contributed by atoms with Crippen LogP contribution in [0.25, 0.3) is 0 Å². The van der Waals surface area contributed by atoms with Gasteiger partial charge in [0, 0.05) is 0 Å². The number of quaternary nitrogens is 1. The van der Waals surface area contributed by atoms with Gasteiger partial charge < -0.3 is 10.2 Å². The van der Waals surface area contributed by atoms with E-state index < -0.39 is 10.0 Å². The lowest BCUT2D eigenvalue weighted by molar-refractivity contribution is -0.895. The minimum atomic E-state index is -3.71. The Kier molecular flexibility index (Phi) is 6.64. The van der Waals surface area contributed by atoms with Crippen molar-refractivity contribution in [2.24, 2.45) is 0 Å². The fourth-order valence-electron chi connectivity index (χ4n) is 3.49. The summed E-state index contributed by atoms with van der Waals surface area (Å²) < 4.78 is 27.2. The number of hydrogen-bond acceptors (Lipinski definition) is 4. The van der Waals surface area contributed by atoms with Crippen molar-refractivity contribution in [2.75, 3.05) is 32.7 Å². The maximum Gasteiger partial charge on any atom is 0.275 e. The smallest absolute Gasteiger partial charge is 0.275 e. The zero-order valence-corrected chi connectivity index (χ0v) is 17.2. The molecule has 2 aromatic carbocycles. The average molecular weight is 414 g/mol. The highest BCUT2D eigenvalue weighted by atomic mass is 32.2. The summed E-state index contributed by atoms with van der Waals surface area (Å²) in [6, 6.07) is 17.9. The number of sulfonamides is 1. The summed E-state index contributed by atoms with van der Waals surface area (Å²) in [6.45, 7) is 3.97. The summed E-state index contributed by atoms with van der Waals surface area (Å²) in [6.07, 6.45) is 0. The van der Waals surface area contributed by atoms with Crippen molar-refractivity contribution in [3.8, 4) is 6.07 Å². The summed E-state index contributed by atoms with van der Waals surface area (Å²) in [4.78, 5) is 13.5. The highest BCUT2D eigenvalue weighted by Gasteiger charge is 2.32. The first-order valence-corrected chi connectivity index (χ1v) is 11.0. The number of nitrogens with zero attached hydrogens (tertiary/aromatic N) is 2. The van der Waals surface area contributed by atoms with E-state index in [0.29, 0.717) is 32.7 Å². The Morgan fingerprint density at radius 1 is 1.14 bits per heavy atom. The number of piperazine rings is 1. The largest absolute Gasteiger partial charge is 0.345 e. The molecule has 29 heavy (non-hydrogen) atoms. The summed E-state index contributed by atoms with van der Waals surface area (Å²) in [5, 5.41) is 12.2. The molecule has 0 radical (unpaired) electrons. The topological polar surface area (TPSA) is 94.7 Å². The number of nitrogens with one attached hydrogen (secondary N) is 2. The van der Waals surface area contributed by atoms with E-state index in [9.17, 15) is 18.5 Å². The van der Waals surface area contributed by atoms with E-state index in [0.717, 1.165) is 10.5 Å². The normalized spacial score (nSPS) is 16.7. The molecule has 152 valence electrons. The van der Waals surface area contributed by atoms with E-state index in [1.165, 1.54) is 16.4 Å². The molecule has 0 spiro atoms. The van der Waals surface area contributed by atoms with Gasteiger partial charge in [0.2, 0.25) is 10.0 Å². The molecule has 1 aliphatic heterocycles. The second-order valence-electron chi connectivity index (χ2n) is 7.14. The van der Waals surface area contributed by atoms with Gasteiger partial charge in [0.1, 0.15) is 6.07 Å². The molecule has 8 heteroatoms. The van der Waals surface area contributed by atoms with E-state index in [4.69, 9.17) is 0 Å². The second kappa shape index (κ2) is 9.18. The van der Waals surface area contributed by atoms with Crippen LogP contribution >= 0.6 is 0 Å². The van der Waals surface area contributed by atoms with Gasteiger partial charge >= 0.3 is 0 Å². The fourth-order valence-corrected chi connectivity index (χ4v) is 5.07. The van der Waals surface area contributed by atoms with Crippen molar-refractivity contribution in [1.29, 1.82) is 5.26 Å². The highest BCUT2D eigenvalue weighted by molar-refractivity contribution is 7.89.